The van der Waals surface area contributed by atoms with Gasteiger partial charge in [-0.15, -0.1) is 11.3 Å². The van der Waals surface area contributed by atoms with Crippen molar-refractivity contribution in [3.05, 3.63) is 23.2 Å². The van der Waals surface area contributed by atoms with Crippen LogP contribution in [0.4, 0.5) is 18.9 Å². The molecule has 0 aliphatic carbocycles. The van der Waals surface area contributed by atoms with Crippen molar-refractivity contribution >= 4 is 33.1 Å². The van der Waals surface area contributed by atoms with Crippen molar-refractivity contribution < 1.29 is 18.0 Å². The minimum atomic E-state index is -4.29. The van der Waals surface area contributed by atoms with Crippen molar-refractivity contribution in [2.45, 2.75) is 12.6 Å². The number of thiophene rings is 1. The van der Waals surface area contributed by atoms with Gasteiger partial charge in [-0.1, -0.05) is 0 Å². The minimum absolute atomic E-state index is 0.217. The summed E-state index contributed by atoms with van der Waals surface area (Å²) in [5, 5.41) is 0. The van der Waals surface area contributed by atoms with E-state index < -0.39 is 25.0 Å². The molecule has 2 aromatic rings. The van der Waals surface area contributed by atoms with Gasteiger partial charge in [-0.05, 0) is 12.1 Å². The van der Waals surface area contributed by atoms with Crippen molar-refractivity contribution in [1.82, 2.24) is 9.88 Å². The van der Waals surface area contributed by atoms with E-state index in [0.717, 1.165) is 20.9 Å². The number of carbonyl (C=O) groups excluding carboxylic acids is 1. The van der Waals surface area contributed by atoms with E-state index >= 15 is 0 Å². The third kappa shape index (κ3) is 3.01. The molecule has 0 aliphatic rings. The Balaban J connectivity index is 2.21. The lowest BCUT2D eigenvalue weighted by molar-refractivity contribution is -0.136. The first-order valence-corrected chi connectivity index (χ1v) is 6.56. The molecule has 2 aromatic heterocycles. The average molecular weight is 303 g/mol. The number of nitrogen functional groups attached to an aromatic ring is 1. The van der Waals surface area contributed by atoms with Gasteiger partial charge in [0.05, 0.1) is 16.8 Å². The Labute approximate surface area is 117 Å². The van der Waals surface area contributed by atoms with E-state index in [1.54, 1.807) is 18.3 Å². The predicted octanol–water partition coefficient (Wildman–Crippen LogP) is 2.90. The SMILES string of the molecule is CN(CCC(F)(F)F)C(=O)c1sc2cccnc2c1N. The summed E-state index contributed by atoms with van der Waals surface area (Å²) in [6.07, 6.45) is -3.78. The molecule has 20 heavy (non-hydrogen) atoms. The lowest BCUT2D eigenvalue weighted by atomic mass is 10.3. The normalized spacial score (nSPS) is 11.8. The minimum Gasteiger partial charge on any atom is -0.396 e. The number of hydrogen-bond donors (Lipinski definition) is 1. The van der Waals surface area contributed by atoms with Crippen molar-refractivity contribution in [2.24, 2.45) is 0 Å². The summed E-state index contributed by atoms with van der Waals surface area (Å²) in [5.41, 5.74) is 6.56. The first-order valence-electron chi connectivity index (χ1n) is 5.75. The van der Waals surface area contributed by atoms with Crippen molar-refractivity contribution in [2.75, 3.05) is 19.3 Å². The van der Waals surface area contributed by atoms with Gasteiger partial charge in [0.2, 0.25) is 0 Å². The van der Waals surface area contributed by atoms with Gasteiger partial charge < -0.3 is 10.6 Å². The van der Waals surface area contributed by atoms with E-state index in [1.165, 1.54) is 7.05 Å². The molecule has 0 aromatic carbocycles. The molecule has 0 saturated carbocycles. The van der Waals surface area contributed by atoms with Gasteiger partial charge in [0.25, 0.3) is 5.91 Å². The molecule has 0 spiro atoms. The highest BCUT2D eigenvalue weighted by molar-refractivity contribution is 7.21. The number of halogens is 3. The number of nitrogens with zero attached hydrogens (tertiary/aromatic N) is 2. The molecule has 4 nitrogen and oxygen atoms in total. The number of anilines is 1. The van der Waals surface area contributed by atoms with Gasteiger partial charge in [-0.3, -0.25) is 9.78 Å². The average Bonchev–Trinajstić information content (AvgIpc) is 2.72. The van der Waals surface area contributed by atoms with Crippen molar-refractivity contribution in [3.63, 3.8) is 0 Å². The predicted molar refractivity (Wildman–Crippen MR) is 71.7 cm³/mol. The van der Waals surface area contributed by atoms with Crippen LogP contribution in [0.15, 0.2) is 18.3 Å². The van der Waals surface area contributed by atoms with Crippen LogP contribution in [0.1, 0.15) is 16.1 Å². The number of amides is 1. The standard InChI is InChI=1S/C12H12F3N3OS/c1-18(6-4-12(13,14)15)11(19)10-8(16)9-7(20-10)3-2-5-17-9/h2-3,5H,4,6,16H2,1H3. The fraction of sp³-hybridized carbons (Fsp3) is 0.333. The molecule has 2 N–H and O–H groups in total. The van der Waals surface area contributed by atoms with E-state index in [9.17, 15) is 18.0 Å². The number of hydrogen-bond acceptors (Lipinski definition) is 4. The lowest BCUT2D eigenvalue weighted by Crippen LogP contribution is -2.30. The van der Waals surface area contributed by atoms with Crippen LogP contribution < -0.4 is 5.73 Å². The molecule has 0 unspecified atom stereocenters. The molecule has 2 heterocycles. The zero-order valence-electron chi connectivity index (χ0n) is 10.6. The fourth-order valence-electron chi connectivity index (χ4n) is 1.68. The molecular formula is C12H12F3N3OS. The number of aromatic nitrogens is 1. The van der Waals surface area contributed by atoms with Crippen LogP contribution in [-0.4, -0.2) is 35.6 Å². The van der Waals surface area contributed by atoms with E-state index in [4.69, 9.17) is 5.73 Å². The molecule has 108 valence electrons. The summed E-state index contributed by atoms with van der Waals surface area (Å²) in [4.78, 5) is 17.4. The molecule has 2 rings (SSSR count). The molecule has 0 bridgehead atoms. The van der Waals surface area contributed by atoms with E-state index in [0.29, 0.717) is 5.52 Å². The molecule has 0 fully saturated rings. The highest BCUT2D eigenvalue weighted by Gasteiger charge is 2.29. The summed E-state index contributed by atoms with van der Waals surface area (Å²) in [6, 6.07) is 3.47. The third-order valence-electron chi connectivity index (χ3n) is 2.75. The zero-order chi connectivity index (χ0) is 14.9. The topological polar surface area (TPSA) is 59.2 Å². The maximum Gasteiger partial charge on any atom is 0.390 e. The number of rotatable bonds is 3. The highest BCUT2D eigenvalue weighted by atomic mass is 32.1. The van der Waals surface area contributed by atoms with Gasteiger partial charge in [-0.2, -0.15) is 13.2 Å². The van der Waals surface area contributed by atoms with E-state index in [-0.39, 0.29) is 10.6 Å². The fourth-order valence-corrected chi connectivity index (χ4v) is 2.75. The summed E-state index contributed by atoms with van der Waals surface area (Å²) in [6.45, 7) is -0.399. The summed E-state index contributed by atoms with van der Waals surface area (Å²) < 4.78 is 37.2. The maximum atomic E-state index is 12.2. The molecule has 0 aliphatic heterocycles. The number of carbonyl (C=O) groups is 1. The molecular weight excluding hydrogens is 291 g/mol. The first-order chi connectivity index (χ1) is 9.29. The summed E-state index contributed by atoms with van der Waals surface area (Å²) >= 11 is 1.13. The number of pyridine rings is 1. The second kappa shape index (κ2) is 5.28. The summed E-state index contributed by atoms with van der Waals surface area (Å²) in [5.74, 6) is -0.519. The van der Waals surface area contributed by atoms with Crippen LogP contribution in [-0.2, 0) is 0 Å². The van der Waals surface area contributed by atoms with Gasteiger partial charge in [0.1, 0.15) is 10.4 Å². The van der Waals surface area contributed by atoms with Crippen LogP contribution in [0, 0.1) is 0 Å². The zero-order valence-corrected chi connectivity index (χ0v) is 11.4. The second-order valence-electron chi connectivity index (χ2n) is 4.29. The largest absolute Gasteiger partial charge is 0.396 e. The van der Waals surface area contributed by atoms with Crippen molar-refractivity contribution in [1.29, 1.82) is 0 Å². The van der Waals surface area contributed by atoms with Crippen LogP contribution in [0.5, 0.6) is 0 Å². The smallest absolute Gasteiger partial charge is 0.390 e. The van der Waals surface area contributed by atoms with Gasteiger partial charge in [-0.25, -0.2) is 0 Å². The monoisotopic (exact) mass is 303 g/mol. The van der Waals surface area contributed by atoms with Gasteiger partial charge in [0, 0.05) is 19.8 Å². The van der Waals surface area contributed by atoms with Crippen LogP contribution in [0.3, 0.4) is 0 Å². The molecule has 0 saturated heterocycles. The van der Waals surface area contributed by atoms with Crippen LogP contribution in [0.25, 0.3) is 10.2 Å². The summed E-state index contributed by atoms with van der Waals surface area (Å²) in [7, 11) is 1.32. The number of nitrogens with two attached hydrogens (primary N) is 1. The third-order valence-corrected chi connectivity index (χ3v) is 3.90. The van der Waals surface area contributed by atoms with Gasteiger partial charge in [0.15, 0.2) is 0 Å². The molecule has 8 heteroatoms. The van der Waals surface area contributed by atoms with E-state index in [1.807, 2.05) is 0 Å². The Morgan fingerprint density at radius 2 is 2.20 bits per heavy atom. The lowest BCUT2D eigenvalue weighted by Gasteiger charge is -2.17. The highest BCUT2D eigenvalue weighted by Crippen LogP contribution is 2.32. The maximum absolute atomic E-state index is 12.2. The second-order valence-corrected chi connectivity index (χ2v) is 5.34. The Hall–Kier alpha value is -1.83. The Morgan fingerprint density at radius 3 is 2.80 bits per heavy atom. The number of fused-ring (bicyclic) bond motifs is 1. The van der Waals surface area contributed by atoms with Crippen LogP contribution >= 0.6 is 11.3 Å². The first kappa shape index (κ1) is 14.6. The van der Waals surface area contributed by atoms with Crippen molar-refractivity contribution in [3.8, 4) is 0 Å². The molecule has 0 radical (unpaired) electrons. The Morgan fingerprint density at radius 1 is 1.50 bits per heavy atom. The van der Waals surface area contributed by atoms with E-state index in [2.05, 4.69) is 4.98 Å². The van der Waals surface area contributed by atoms with Crippen LogP contribution in [0.2, 0.25) is 0 Å². The van der Waals surface area contributed by atoms with Gasteiger partial charge >= 0.3 is 6.18 Å². The Kier molecular flexibility index (Phi) is 3.85. The number of alkyl halides is 3. The quantitative estimate of drug-likeness (QED) is 0.948. The molecule has 1 amide bonds. The Bertz CT molecular complexity index is 638. The molecule has 0 atom stereocenters.